The van der Waals surface area contributed by atoms with E-state index in [2.05, 4.69) is 41.4 Å². The monoisotopic (exact) mass is 261 g/mol. The number of rotatable bonds is 4. The van der Waals surface area contributed by atoms with Gasteiger partial charge in [-0.15, -0.1) is 0 Å². The second kappa shape index (κ2) is 6.06. The summed E-state index contributed by atoms with van der Waals surface area (Å²) < 4.78 is 0. The molecule has 1 aromatic carbocycles. The van der Waals surface area contributed by atoms with Crippen LogP contribution in [0.2, 0.25) is 0 Å². The van der Waals surface area contributed by atoms with Gasteiger partial charge in [0.25, 0.3) is 0 Å². The van der Waals surface area contributed by atoms with Crippen molar-refractivity contribution in [2.45, 2.75) is 38.8 Å². The highest BCUT2D eigenvalue weighted by molar-refractivity contribution is 5.73. The zero-order valence-electron chi connectivity index (χ0n) is 11.7. The number of nitrogens with two attached hydrogens (primary N) is 1. The number of benzene rings is 1. The first-order valence-electron chi connectivity index (χ1n) is 6.97. The van der Waals surface area contributed by atoms with Gasteiger partial charge in [-0.25, -0.2) is 0 Å². The molecule has 1 unspecified atom stereocenters. The molecule has 1 fully saturated rings. The molecule has 4 nitrogen and oxygen atoms in total. The molecule has 1 aromatic rings. The van der Waals surface area contributed by atoms with Crippen molar-refractivity contribution >= 4 is 11.6 Å². The molecule has 0 aromatic heterocycles. The number of carbonyl (C=O) groups excluding carboxylic acids is 1. The molecule has 2 rings (SSSR count). The first-order valence-corrected chi connectivity index (χ1v) is 6.97. The molecular weight excluding hydrogens is 238 g/mol. The Hall–Kier alpha value is -1.55. The topological polar surface area (TPSA) is 58.4 Å². The summed E-state index contributed by atoms with van der Waals surface area (Å²) in [7, 11) is 0. The van der Waals surface area contributed by atoms with Crippen LogP contribution in [0.4, 0.5) is 5.69 Å². The van der Waals surface area contributed by atoms with Gasteiger partial charge in [-0.05, 0) is 30.5 Å². The Kier molecular flexibility index (Phi) is 4.43. The summed E-state index contributed by atoms with van der Waals surface area (Å²) in [5, 5.41) is 2.98. The SMILES string of the molecule is CC[C@H](N)c1ccc(N2CCC(NC(C)=O)C2)cc1. The minimum absolute atomic E-state index is 0.0520. The van der Waals surface area contributed by atoms with Crippen LogP contribution in [0.25, 0.3) is 0 Å². The Bertz CT molecular complexity index is 430. The summed E-state index contributed by atoms with van der Waals surface area (Å²) in [6, 6.07) is 8.86. The summed E-state index contributed by atoms with van der Waals surface area (Å²) in [5.74, 6) is 0.0520. The van der Waals surface area contributed by atoms with Gasteiger partial charge in [-0.2, -0.15) is 0 Å². The molecule has 0 aliphatic carbocycles. The normalized spacial score (nSPS) is 20.4. The summed E-state index contributed by atoms with van der Waals surface area (Å²) in [6.45, 7) is 5.55. The fraction of sp³-hybridized carbons (Fsp3) is 0.533. The predicted octanol–water partition coefficient (Wildman–Crippen LogP) is 1.81. The molecule has 1 heterocycles. The maximum Gasteiger partial charge on any atom is 0.217 e. The van der Waals surface area contributed by atoms with E-state index in [0.29, 0.717) is 0 Å². The molecule has 1 amide bonds. The van der Waals surface area contributed by atoms with Gasteiger partial charge in [-0.3, -0.25) is 4.79 Å². The number of nitrogens with one attached hydrogen (secondary N) is 1. The van der Waals surface area contributed by atoms with Crippen LogP contribution in [-0.4, -0.2) is 25.0 Å². The average molecular weight is 261 g/mol. The molecule has 19 heavy (non-hydrogen) atoms. The number of amides is 1. The lowest BCUT2D eigenvalue weighted by molar-refractivity contribution is -0.119. The fourth-order valence-corrected chi connectivity index (χ4v) is 2.57. The largest absolute Gasteiger partial charge is 0.369 e. The smallest absolute Gasteiger partial charge is 0.217 e. The average Bonchev–Trinajstić information content (AvgIpc) is 2.85. The van der Waals surface area contributed by atoms with Gasteiger partial charge in [0, 0.05) is 37.8 Å². The fourth-order valence-electron chi connectivity index (χ4n) is 2.57. The van der Waals surface area contributed by atoms with Crippen molar-refractivity contribution in [1.29, 1.82) is 0 Å². The Labute approximate surface area is 115 Å². The van der Waals surface area contributed by atoms with E-state index in [1.54, 1.807) is 6.92 Å². The molecular formula is C15H23N3O. The second-order valence-corrected chi connectivity index (χ2v) is 5.24. The number of nitrogens with zero attached hydrogens (tertiary/aromatic N) is 1. The molecule has 1 saturated heterocycles. The zero-order valence-corrected chi connectivity index (χ0v) is 11.7. The molecule has 2 atom stereocenters. The van der Waals surface area contributed by atoms with E-state index >= 15 is 0 Å². The van der Waals surface area contributed by atoms with E-state index in [1.807, 2.05) is 0 Å². The molecule has 4 heteroatoms. The predicted molar refractivity (Wildman–Crippen MR) is 78.1 cm³/mol. The van der Waals surface area contributed by atoms with Gasteiger partial charge in [0.2, 0.25) is 5.91 Å². The highest BCUT2D eigenvalue weighted by Gasteiger charge is 2.23. The van der Waals surface area contributed by atoms with Crippen LogP contribution in [-0.2, 0) is 4.79 Å². The molecule has 0 spiro atoms. The minimum atomic E-state index is 0.0520. The van der Waals surface area contributed by atoms with Crippen molar-refractivity contribution < 1.29 is 4.79 Å². The van der Waals surface area contributed by atoms with Gasteiger partial charge < -0.3 is 16.0 Å². The number of anilines is 1. The lowest BCUT2D eigenvalue weighted by Crippen LogP contribution is -2.35. The highest BCUT2D eigenvalue weighted by atomic mass is 16.1. The van der Waals surface area contributed by atoms with Crippen LogP contribution < -0.4 is 16.0 Å². The Morgan fingerprint density at radius 2 is 2.16 bits per heavy atom. The highest BCUT2D eigenvalue weighted by Crippen LogP contribution is 2.23. The molecule has 0 radical (unpaired) electrons. The van der Waals surface area contributed by atoms with E-state index in [1.165, 1.54) is 11.3 Å². The van der Waals surface area contributed by atoms with Gasteiger partial charge in [0.1, 0.15) is 0 Å². The summed E-state index contributed by atoms with van der Waals surface area (Å²) >= 11 is 0. The molecule has 1 aliphatic heterocycles. The lowest BCUT2D eigenvalue weighted by atomic mass is 10.1. The van der Waals surface area contributed by atoms with E-state index < -0.39 is 0 Å². The Balaban J connectivity index is 1.98. The van der Waals surface area contributed by atoms with Gasteiger partial charge in [-0.1, -0.05) is 19.1 Å². The van der Waals surface area contributed by atoms with Crippen molar-refractivity contribution in [3.05, 3.63) is 29.8 Å². The number of hydrogen-bond donors (Lipinski definition) is 2. The summed E-state index contributed by atoms with van der Waals surface area (Å²) in [6.07, 6.45) is 1.96. The van der Waals surface area contributed by atoms with Crippen molar-refractivity contribution in [3.8, 4) is 0 Å². The van der Waals surface area contributed by atoms with E-state index in [9.17, 15) is 4.79 Å². The van der Waals surface area contributed by atoms with Crippen LogP contribution in [0.1, 0.15) is 38.3 Å². The lowest BCUT2D eigenvalue weighted by Gasteiger charge is -2.20. The van der Waals surface area contributed by atoms with Crippen LogP contribution in [0.15, 0.2) is 24.3 Å². The quantitative estimate of drug-likeness (QED) is 0.869. The number of carbonyl (C=O) groups is 1. The molecule has 104 valence electrons. The Morgan fingerprint density at radius 3 is 2.74 bits per heavy atom. The van der Waals surface area contributed by atoms with Crippen molar-refractivity contribution in [1.82, 2.24) is 5.32 Å². The van der Waals surface area contributed by atoms with Gasteiger partial charge in [0.05, 0.1) is 0 Å². The van der Waals surface area contributed by atoms with E-state index in [4.69, 9.17) is 5.73 Å². The van der Waals surface area contributed by atoms with Crippen LogP contribution in [0.3, 0.4) is 0 Å². The van der Waals surface area contributed by atoms with Crippen LogP contribution >= 0.6 is 0 Å². The van der Waals surface area contributed by atoms with Crippen molar-refractivity contribution in [2.24, 2.45) is 5.73 Å². The third kappa shape index (κ3) is 3.47. The minimum Gasteiger partial charge on any atom is -0.369 e. The standard InChI is InChI=1S/C15H23N3O/c1-3-15(16)12-4-6-14(7-5-12)18-9-8-13(10-18)17-11(2)19/h4-7,13,15H,3,8-10,16H2,1-2H3,(H,17,19)/t13?,15-/m0/s1. The van der Waals surface area contributed by atoms with E-state index in [0.717, 1.165) is 25.9 Å². The van der Waals surface area contributed by atoms with E-state index in [-0.39, 0.29) is 18.0 Å². The maximum atomic E-state index is 11.1. The third-order valence-corrected chi connectivity index (χ3v) is 3.72. The summed E-state index contributed by atoms with van der Waals surface area (Å²) in [4.78, 5) is 13.4. The molecule has 1 aliphatic rings. The summed E-state index contributed by atoms with van der Waals surface area (Å²) in [5.41, 5.74) is 8.41. The molecule has 3 N–H and O–H groups in total. The second-order valence-electron chi connectivity index (χ2n) is 5.24. The van der Waals surface area contributed by atoms with Crippen LogP contribution in [0, 0.1) is 0 Å². The van der Waals surface area contributed by atoms with Crippen molar-refractivity contribution in [3.63, 3.8) is 0 Å². The van der Waals surface area contributed by atoms with Crippen LogP contribution in [0.5, 0.6) is 0 Å². The third-order valence-electron chi connectivity index (χ3n) is 3.72. The molecule has 0 saturated carbocycles. The zero-order chi connectivity index (χ0) is 13.8. The molecule has 0 bridgehead atoms. The van der Waals surface area contributed by atoms with Crippen molar-refractivity contribution in [2.75, 3.05) is 18.0 Å². The first-order chi connectivity index (χ1) is 9.10. The maximum absolute atomic E-state index is 11.1. The number of hydrogen-bond acceptors (Lipinski definition) is 3. The van der Waals surface area contributed by atoms with Gasteiger partial charge in [0.15, 0.2) is 0 Å². The van der Waals surface area contributed by atoms with Gasteiger partial charge >= 0.3 is 0 Å². The Morgan fingerprint density at radius 1 is 1.47 bits per heavy atom. The first kappa shape index (κ1) is 13.9.